The van der Waals surface area contributed by atoms with Gasteiger partial charge in [0.1, 0.15) is 11.1 Å². The van der Waals surface area contributed by atoms with E-state index in [1.165, 1.54) is 16.0 Å². The second kappa shape index (κ2) is 4.15. The molecule has 2 aromatic heterocycles. The van der Waals surface area contributed by atoms with Gasteiger partial charge in [-0.15, -0.1) is 15.3 Å². The summed E-state index contributed by atoms with van der Waals surface area (Å²) in [6, 6.07) is 0. The van der Waals surface area contributed by atoms with Gasteiger partial charge in [-0.3, -0.25) is 0 Å². The van der Waals surface area contributed by atoms with E-state index < -0.39 is 11.9 Å². The number of rotatable bonds is 2. The molecule has 0 bridgehead atoms. The fraction of sp³-hybridized carbons (Fsp3) is 0.400. The van der Waals surface area contributed by atoms with Gasteiger partial charge in [-0.25, -0.2) is 9.59 Å². The van der Waals surface area contributed by atoms with Crippen LogP contribution < -0.4 is 0 Å². The Morgan fingerprint density at radius 2 is 2.10 bits per heavy atom. The van der Waals surface area contributed by atoms with Crippen LogP contribution in [0, 0.1) is 0 Å². The van der Waals surface area contributed by atoms with Crippen molar-refractivity contribution < 1.29 is 19.1 Å². The minimum absolute atomic E-state index is 0.00922. The van der Waals surface area contributed by atoms with E-state index in [2.05, 4.69) is 25.2 Å². The lowest BCUT2D eigenvalue weighted by Gasteiger charge is -2.01. The number of carbonyl (C=O) groups excluding carboxylic acids is 2. The predicted octanol–water partition coefficient (Wildman–Crippen LogP) is 0.281. The van der Waals surface area contributed by atoms with E-state index in [4.69, 9.17) is 4.74 Å². The first-order valence-corrected chi connectivity index (χ1v) is 6.73. The fourth-order valence-electron chi connectivity index (χ4n) is 2.13. The van der Waals surface area contributed by atoms with Crippen molar-refractivity contribution in [3.63, 3.8) is 0 Å². The van der Waals surface area contributed by atoms with Crippen molar-refractivity contribution in [1.82, 2.24) is 25.2 Å². The summed E-state index contributed by atoms with van der Waals surface area (Å²) in [5, 5.41) is 16.5. The molecule has 102 valence electrons. The lowest BCUT2D eigenvalue weighted by molar-refractivity contribution is 0.0434. The topological polar surface area (TPSA) is 109 Å². The van der Waals surface area contributed by atoms with E-state index in [1.54, 1.807) is 0 Å². The molecule has 0 spiro atoms. The quantitative estimate of drug-likeness (QED) is 0.573. The molecule has 9 nitrogen and oxygen atoms in total. The van der Waals surface area contributed by atoms with Crippen molar-refractivity contribution in [2.75, 3.05) is 6.61 Å². The Balaban J connectivity index is 1.74. The number of carbonyl (C=O) groups is 2. The van der Waals surface area contributed by atoms with Crippen LogP contribution in [0.1, 0.15) is 44.9 Å². The van der Waals surface area contributed by atoms with E-state index in [0.29, 0.717) is 11.7 Å². The largest absolute Gasteiger partial charge is 0.383 e. The number of fused-ring (bicyclic) bond motifs is 1. The van der Waals surface area contributed by atoms with Crippen LogP contribution in [-0.4, -0.2) is 43.7 Å². The molecular formula is C10H7N5O4S. The van der Waals surface area contributed by atoms with Crippen molar-refractivity contribution >= 4 is 23.3 Å². The molecule has 0 amide bonds. The van der Waals surface area contributed by atoms with E-state index >= 15 is 0 Å². The number of ether oxygens (including phenoxy) is 2. The molecule has 0 aromatic carbocycles. The number of aromatic nitrogens is 5. The normalized spacial score (nSPS) is 21.3. The van der Waals surface area contributed by atoms with E-state index in [0.717, 1.165) is 17.8 Å². The molecule has 2 aromatic rings. The fourth-order valence-corrected chi connectivity index (χ4v) is 3.01. The van der Waals surface area contributed by atoms with E-state index in [-0.39, 0.29) is 17.5 Å². The van der Waals surface area contributed by atoms with Crippen LogP contribution in [0.3, 0.4) is 0 Å². The van der Waals surface area contributed by atoms with Gasteiger partial charge in [-0.1, -0.05) is 16.6 Å². The number of nitrogens with zero attached hydrogens (tertiary/aromatic N) is 5. The van der Waals surface area contributed by atoms with Crippen LogP contribution in [0.5, 0.6) is 0 Å². The first kappa shape index (κ1) is 11.6. The van der Waals surface area contributed by atoms with Crippen LogP contribution in [0.15, 0.2) is 0 Å². The highest BCUT2D eigenvalue weighted by Gasteiger charge is 2.38. The first-order valence-electron chi connectivity index (χ1n) is 5.91. The standard InChI is InChI=1S/C10H7N5O4S/c16-8-5-6(9(17)19-8)15(14-11-5)10-13-12-7(20-10)4-2-1-3-18-4/h4H,1-3H2. The molecule has 1 saturated heterocycles. The van der Waals surface area contributed by atoms with Crippen LogP contribution in [-0.2, 0) is 9.47 Å². The number of cyclic esters (lactones) is 2. The average Bonchev–Trinajstić information content (AvgIpc) is 3.17. The van der Waals surface area contributed by atoms with Gasteiger partial charge >= 0.3 is 11.9 Å². The Kier molecular flexibility index (Phi) is 2.41. The molecule has 1 atom stereocenters. The molecule has 10 heteroatoms. The first-order chi connectivity index (χ1) is 9.74. The van der Waals surface area contributed by atoms with Gasteiger partial charge < -0.3 is 9.47 Å². The second-order valence-electron chi connectivity index (χ2n) is 4.30. The number of esters is 2. The average molecular weight is 293 g/mol. The SMILES string of the molecule is O=C1OC(=O)c2c1nnn2-c1nnc(C2CCCO2)s1. The summed E-state index contributed by atoms with van der Waals surface area (Å²) in [4.78, 5) is 22.9. The van der Waals surface area contributed by atoms with Gasteiger partial charge in [0.05, 0.1) is 0 Å². The lowest BCUT2D eigenvalue weighted by Crippen LogP contribution is -2.08. The summed E-state index contributed by atoms with van der Waals surface area (Å²) in [6.07, 6.45) is 1.82. The summed E-state index contributed by atoms with van der Waals surface area (Å²) in [7, 11) is 0. The Morgan fingerprint density at radius 1 is 1.20 bits per heavy atom. The summed E-state index contributed by atoms with van der Waals surface area (Å²) < 4.78 is 11.2. The molecule has 4 heterocycles. The minimum atomic E-state index is -0.792. The highest BCUT2D eigenvalue weighted by Crippen LogP contribution is 2.32. The Bertz CT molecular complexity index is 717. The van der Waals surface area contributed by atoms with Crippen molar-refractivity contribution in [2.24, 2.45) is 0 Å². The molecule has 20 heavy (non-hydrogen) atoms. The summed E-state index contributed by atoms with van der Waals surface area (Å²) >= 11 is 1.25. The van der Waals surface area contributed by atoms with Crippen LogP contribution in [0.4, 0.5) is 0 Å². The highest BCUT2D eigenvalue weighted by atomic mass is 32.1. The monoisotopic (exact) mass is 293 g/mol. The molecular weight excluding hydrogens is 286 g/mol. The Labute approximate surface area is 115 Å². The lowest BCUT2D eigenvalue weighted by atomic mass is 10.2. The number of hydrogen-bond acceptors (Lipinski definition) is 9. The molecule has 4 rings (SSSR count). The van der Waals surface area contributed by atoms with Crippen LogP contribution >= 0.6 is 11.3 Å². The maximum Gasteiger partial charge on any atom is 0.369 e. The van der Waals surface area contributed by atoms with E-state index in [9.17, 15) is 9.59 Å². The molecule has 0 saturated carbocycles. The molecule has 1 fully saturated rings. The molecule has 0 radical (unpaired) electrons. The Morgan fingerprint density at radius 3 is 2.90 bits per heavy atom. The molecule has 1 unspecified atom stereocenters. The number of hydrogen-bond donors (Lipinski definition) is 0. The third-order valence-corrected chi connectivity index (χ3v) is 4.05. The molecule has 0 aliphatic carbocycles. The zero-order valence-electron chi connectivity index (χ0n) is 9.98. The summed E-state index contributed by atoms with van der Waals surface area (Å²) in [6.45, 7) is 0.707. The van der Waals surface area contributed by atoms with E-state index in [1.807, 2.05) is 0 Å². The van der Waals surface area contributed by atoms with Gasteiger partial charge in [0.25, 0.3) is 0 Å². The maximum absolute atomic E-state index is 11.6. The van der Waals surface area contributed by atoms with Crippen LogP contribution in [0.2, 0.25) is 0 Å². The van der Waals surface area contributed by atoms with Gasteiger partial charge in [0.2, 0.25) is 10.8 Å². The van der Waals surface area contributed by atoms with Gasteiger partial charge in [0.15, 0.2) is 5.69 Å². The minimum Gasteiger partial charge on any atom is -0.383 e. The molecule has 2 aliphatic heterocycles. The second-order valence-corrected chi connectivity index (χ2v) is 5.29. The van der Waals surface area contributed by atoms with Gasteiger partial charge in [-0.05, 0) is 12.8 Å². The summed E-state index contributed by atoms with van der Waals surface area (Å²) in [5.74, 6) is -1.57. The third-order valence-electron chi connectivity index (χ3n) is 3.06. The van der Waals surface area contributed by atoms with Gasteiger partial charge in [-0.2, -0.15) is 4.68 Å². The van der Waals surface area contributed by atoms with Crippen molar-refractivity contribution in [3.8, 4) is 5.13 Å². The smallest absolute Gasteiger partial charge is 0.369 e. The van der Waals surface area contributed by atoms with Gasteiger partial charge in [0, 0.05) is 6.61 Å². The Hall–Kier alpha value is -2.20. The van der Waals surface area contributed by atoms with Crippen molar-refractivity contribution in [1.29, 1.82) is 0 Å². The molecule has 2 aliphatic rings. The highest BCUT2D eigenvalue weighted by molar-refractivity contribution is 7.13. The van der Waals surface area contributed by atoms with Crippen LogP contribution in [0.25, 0.3) is 5.13 Å². The zero-order chi connectivity index (χ0) is 13.7. The maximum atomic E-state index is 11.6. The molecule has 0 N–H and O–H groups in total. The summed E-state index contributed by atoms with van der Waals surface area (Å²) in [5.41, 5.74) is -0.103. The zero-order valence-corrected chi connectivity index (χ0v) is 10.8. The third kappa shape index (κ3) is 1.58. The van der Waals surface area contributed by atoms with Crippen molar-refractivity contribution in [2.45, 2.75) is 18.9 Å². The van der Waals surface area contributed by atoms with Crippen molar-refractivity contribution in [3.05, 3.63) is 16.4 Å². The predicted molar refractivity (Wildman–Crippen MR) is 62.5 cm³/mol.